The highest BCUT2D eigenvalue weighted by Gasteiger charge is 2.01. The van der Waals surface area contributed by atoms with Crippen LogP contribution in [0, 0.1) is 5.82 Å². The summed E-state index contributed by atoms with van der Waals surface area (Å²) in [6, 6.07) is 12.1. The summed E-state index contributed by atoms with van der Waals surface area (Å²) >= 11 is 5.83. The van der Waals surface area contributed by atoms with Crippen molar-refractivity contribution in [2.75, 3.05) is 5.32 Å². The SMILES string of the molecule is Fc1cc(Cl)cc(CNc2ccc(-n3nccn3)cc2)c1. The number of hydrogen-bond donors (Lipinski definition) is 1. The Balaban J connectivity index is 1.68. The van der Waals surface area contributed by atoms with Gasteiger partial charge in [-0.25, -0.2) is 4.39 Å². The van der Waals surface area contributed by atoms with Crippen LogP contribution in [0.4, 0.5) is 10.1 Å². The Labute approximate surface area is 126 Å². The molecule has 3 aromatic rings. The maximum absolute atomic E-state index is 13.2. The number of anilines is 1. The van der Waals surface area contributed by atoms with Gasteiger partial charge in [0.25, 0.3) is 0 Å². The minimum absolute atomic E-state index is 0.334. The normalized spacial score (nSPS) is 10.6. The van der Waals surface area contributed by atoms with Crippen LogP contribution in [0.5, 0.6) is 0 Å². The molecule has 2 aromatic carbocycles. The molecular weight excluding hydrogens is 291 g/mol. The molecule has 0 aliphatic heterocycles. The third-order valence-corrected chi connectivity index (χ3v) is 3.15. The van der Waals surface area contributed by atoms with Crippen molar-refractivity contribution in [3.63, 3.8) is 0 Å². The molecule has 1 heterocycles. The summed E-state index contributed by atoms with van der Waals surface area (Å²) in [6.45, 7) is 0.497. The fraction of sp³-hybridized carbons (Fsp3) is 0.0667. The molecule has 0 saturated carbocycles. The minimum atomic E-state index is -0.334. The van der Waals surface area contributed by atoms with Crippen LogP contribution in [0.3, 0.4) is 0 Å². The standard InChI is InChI=1S/C15H12ClFN4/c16-12-7-11(8-13(17)9-12)10-18-14-1-3-15(4-2-14)21-19-5-6-20-21/h1-9,18H,10H2. The van der Waals surface area contributed by atoms with E-state index in [1.807, 2.05) is 24.3 Å². The van der Waals surface area contributed by atoms with E-state index in [1.54, 1.807) is 18.5 Å². The first-order valence-electron chi connectivity index (χ1n) is 6.36. The largest absolute Gasteiger partial charge is 0.381 e. The van der Waals surface area contributed by atoms with Gasteiger partial charge in [0.05, 0.1) is 18.1 Å². The first kappa shape index (κ1) is 13.6. The van der Waals surface area contributed by atoms with Crippen molar-refractivity contribution >= 4 is 17.3 Å². The van der Waals surface area contributed by atoms with E-state index in [4.69, 9.17) is 11.6 Å². The van der Waals surface area contributed by atoms with Gasteiger partial charge < -0.3 is 5.32 Å². The summed E-state index contributed by atoms with van der Waals surface area (Å²) in [6.07, 6.45) is 3.25. The van der Waals surface area contributed by atoms with E-state index < -0.39 is 0 Å². The lowest BCUT2D eigenvalue weighted by molar-refractivity contribution is 0.626. The molecule has 1 aromatic heterocycles. The number of nitrogens with zero attached hydrogens (tertiary/aromatic N) is 3. The zero-order valence-corrected chi connectivity index (χ0v) is 11.8. The van der Waals surface area contributed by atoms with Crippen molar-refractivity contribution in [2.24, 2.45) is 0 Å². The van der Waals surface area contributed by atoms with Gasteiger partial charge in [0.1, 0.15) is 5.82 Å². The van der Waals surface area contributed by atoms with Gasteiger partial charge in [-0.3, -0.25) is 0 Å². The molecule has 6 heteroatoms. The highest BCUT2D eigenvalue weighted by atomic mass is 35.5. The quantitative estimate of drug-likeness (QED) is 0.799. The van der Waals surface area contributed by atoms with Crippen LogP contribution in [0.1, 0.15) is 5.56 Å². The first-order valence-corrected chi connectivity index (χ1v) is 6.74. The number of benzene rings is 2. The van der Waals surface area contributed by atoms with Crippen LogP contribution in [0.15, 0.2) is 54.9 Å². The summed E-state index contributed by atoms with van der Waals surface area (Å²) in [5.41, 5.74) is 2.59. The molecule has 1 N–H and O–H groups in total. The Morgan fingerprint density at radius 3 is 2.43 bits per heavy atom. The molecule has 0 spiro atoms. The second-order valence-corrected chi connectivity index (χ2v) is 4.93. The van der Waals surface area contributed by atoms with E-state index in [0.29, 0.717) is 11.6 Å². The Kier molecular flexibility index (Phi) is 3.83. The highest BCUT2D eigenvalue weighted by molar-refractivity contribution is 6.30. The molecule has 3 rings (SSSR count). The number of halogens is 2. The smallest absolute Gasteiger partial charge is 0.125 e. The van der Waals surface area contributed by atoms with Gasteiger partial charge in [0.2, 0.25) is 0 Å². The Morgan fingerprint density at radius 2 is 1.76 bits per heavy atom. The molecule has 0 unspecified atom stereocenters. The van der Waals surface area contributed by atoms with E-state index in [2.05, 4.69) is 15.5 Å². The average Bonchev–Trinajstić information content (AvgIpc) is 2.99. The second-order valence-electron chi connectivity index (χ2n) is 4.50. The van der Waals surface area contributed by atoms with Crippen molar-refractivity contribution in [3.8, 4) is 5.69 Å². The molecule has 106 valence electrons. The summed E-state index contributed by atoms with van der Waals surface area (Å²) in [5.74, 6) is -0.334. The van der Waals surface area contributed by atoms with Crippen LogP contribution >= 0.6 is 11.6 Å². The van der Waals surface area contributed by atoms with E-state index >= 15 is 0 Å². The predicted molar refractivity (Wildman–Crippen MR) is 80.1 cm³/mol. The molecule has 0 amide bonds. The van der Waals surface area contributed by atoms with Crippen LogP contribution in [0.25, 0.3) is 5.69 Å². The fourth-order valence-electron chi connectivity index (χ4n) is 1.98. The molecular formula is C15H12ClFN4. The zero-order chi connectivity index (χ0) is 14.7. The van der Waals surface area contributed by atoms with Gasteiger partial charge in [-0.15, -0.1) is 0 Å². The number of aromatic nitrogens is 3. The van der Waals surface area contributed by atoms with Gasteiger partial charge >= 0.3 is 0 Å². The Morgan fingerprint density at radius 1 is 1.05 bits per heavy atom. The van der Waals surface area contributed by atoms with Gasteiger partial charge in [0.15, 0.2) is 0 Å². The molecule has 0 aliphatic carbocycles. The van der Waals surface area contributed by atoms with E-state index in [-0.39, 0.29) is 5.82 Å². The Hall–Kier alpha value is -2.40. The summed E-state index contributed by atoms with van der Waals surface area (Å²) in [7, 11) is 0. The van der Waals surface area contributed by atoms with Gasteiger partial charge in [-0.2, -0.15) is 15.0 Å². The molecule has 0 atom stereocenters. The summed E-state index contributed by atoms with van der Waals surface area (Å²) < 4.78 is 13.2. The van der Waals surface area contributed by atoms with Crippen LogP contribution < -0.4 is 5.32 Å². The zero-order valence-electron chi connectivity index (χ0n) is 11.0. The van der Waals surface area contributed by atoms with Gasteiger partial charge in [-0.05, 0) is 48.0 Å². The van der Waals surface area contributed by atoms with Gasteiger partial charge in [0, 0.05) is 17.3 Å². The molecule has 21 heavy (non-hydrogen) atoms. The van der Waals surface area contributed by atoms with Gasteiger partial charge in [-0.1, -0.05) is 11.6 Å². The third-order valence-electron chi connectivity index (χ3n) is 2.94. The van der Waals surface area contributed by atoms with E-state index in [9.17, 15) is 4.39 Å². The van der Waals surface area contributed by atoms with Crippen molar-refractivity contribution in [3.05, 3.63) is 71.3 Å². The van der Waals surface area contributed by atoms with Crippen molar-refractivity contribution in [2.45, 2.75) is 6.54 Å². The molecule has 0 bridgehead atoms. The highest BCUT2D eigenvalue weighted by Crippen LogP contribution is 2.17. The Bertz CT molecular complexity index is 706. The lowest BCUT2D eigenvalue weighted by Gasteiger charge is -2.08. The molecule has 0 fully saturated rings. The molecule has 0 saturated heterocycles. The molecule has 0 radical (unpaired) electrons. The first-order chi connectivity index (χ1) is 10.2. The fourth-order valence-corrected chi connectivity index (χ4v) is 2.22. The second kappa shape index (κ2) is 5.93. The van der Waals surface area contributed by atoms with Crippen molar-refractivity contribution in [1.29, 1.82) is 0 Å². The lowest BCUT2D eigenvalue weighted by atomic mass is 10.2. The third kappa shape index (κ3) is 3.38. The molecule has 0 aliphatic rings. The number of hydrogen-bond acceptors (Lipinski definition) is 3. The topological polar surface area (TPSA) is 42.7 Å². The van der Waals surface area contributed by atoms with Crippen LogP contribution in [-0.2, 0) is 6.54 Å². The maximum Gasteiger partial charge on any atom is 0.125 e. The van der Waals surface area contributed by atoms with E-state index in [1.165, 1.54) is 16.9 Å². The van der Waals surface area contributed by atoms with Crippen LogP contribution in [0.2, 0.25) is 5.02 Å². The van der Waals surface area contributed by atoms with Crippen molar-refractivity contribution < 1.29 is 4.39 Å². The van der Waals surface area contributed by atoms with Crippen LogP contribution in [-0.4, -0.2) is 15.0 Å². The van der Waals surface area contributed by atoms with E-state index in [0.717, 1.165) is 16.9 Å². The predicted octanol–water partition coefficient (Wildman–Crippen LogP) is 3.67. The number of rotatable bonds is 4. The lowest BCUT2D eigenvalue weighted by Crippen LogP contribution is -2.01. The minimum Gasteiger partial charge on any atom is -0.381 e. The number of nitrogens with one attached hydrogen (secondary N) is 1. The average molecular weight is 303 g/mol. The summed E-state index contributed by atoms with van der Waals surface area (Å²) in [5, 5.41) is 11.7. The monoisotopic (exact) mass is 302 g/mol. The molecule has 4 nitrogen and oxygen atoms in total. The maximum atomic E-state index is 13.2. The summed E-state index contributed by atoms with van der Waals surface area (Å²) in [4.78, 5) is 1.54. The van der Waals surface area contributed by atoms with Crippen molar-refractivity contribution in [1.82, 2.24) is 15.0 Å².